The number of nitrogens with zero attached hydrogens (tertiary/aromatic N) is 3. The fourth-order valence-corrected chi connectivity index (χ4v) is 1.41. The number of hydrogen-bond donors (Lipinski definition) is 0. The first kappa shape index (κ1) is 6.73. The van der Waals surface area contributed by atoms with E-state index in [2.05, 4.69) is 5.10 Å². The minimum Gasteiger partial charge on any atom is -0.334 e. The van der Waals surface area contributed by atoms with Crippen molar-refractivity contribution in [1.82, 2.24) is 14.2 Å². The second-order valence-corrected chi connectivity index (χ2v) is 2.75. The molecule has 58 valence electrons. The third kappa shape index (κ3) is 0.844. The van der Waals surface area contributed by atoms with E-state index < -0.39 is 0 Å². The fourth-order valence-electron chi connectivity index (χ4n) is 1.22. The van der Waals surface area contributed by atoms with Crippen LogP contribution < -0.4 is 0 Å². The van der Waals surface area contributed by atoms with Gasteiger partial charge in [-0.15, -0.1) is 11.6 Å². The van der Waals surface area contributed by atoms with E-state index in [-0.39, 0.29) is 0 Å². The molecule has 0 N–H and O–H groups in total. The summed E-state index contributed by atoms with van der Waals surface area (Å²) in [5.41, 5.74) is 2.14. The van der Waals surface area contributed by atoms with Gasteiger partial charge in [0.25, 0.3) is 0 Å². The van der Waals surface area contributed by atoms with Crippen LogP contribution in [0.4, 0.5) is 0 Å². The number of rotatable bonds is 1. The molecule has 0 aliphatic heterocycles. The summed E-state index contributed by atoms with van der Waals surface area (Å²) >= 11 is 5.71. The molecule has 2 aromatic heterocycles. The monoisotopic (exact) mass is 169 g/mol. The molecule has 0 unspecified atom stereocenters. The summed E-state index contributed by atoms with van der Waals surface area (Å²) in [5, 5.41) is 4.12. The van der Waals surface area contributed by atoms with Gasteiger partial charge in [0.1, 0.15) is 5.65 Å². The number of alkyl halides is 1. The lowest BCUT2D eigenvalue weighted by atomic mass is 10.4. The second kappa shape index (κ2) is 2.27. The Balaban J connectivity index is 2.80. The van der Waals surface area contributed by atoms with Crippen LogP contribution in [0.1, 0.15) is 5.56 Å². The quantitative estimate of drug-likeness (QED) is 0.592. The number of fused-ring (bicyclic) bond motifs is 1. The topological polar surface area (TPSA) is 22.2 Å². The van der Waals surface area contributed by atoms with Crippen molar-refractivity contribution < 1.29 is 0 Å². The normalized spacial score (nSPS) is 11.1. The van der Waals surface area contributed by atoms with Gasteiger partial charge in [0.15, 0.2) is 0 Å². The van der Waals surface area contributed by atoms with Gasteiger partial charge in [-0.2, -0.15) is 5.10 Å². The maximum Gasteiger partial charge on any atom is 0.139 e. The van der Waals surface area contributed by atoms with Crippen LogP contribution in [0.15, 0.2) is 18.6 Å². The standard InChI is InChI=1S/C7H8ClN3/c1-10-2-3-11-7(10)6(4-8)5-9-11/h2-3,5H,4H2,1H3. The summed E-state index contributed by atoms with van der Waals surface area (Å²) in [7, 11) is 1.98. The number of hydrogen-bond acceptors (Lipinski definition) is 1. The van der Waals surface area contributed by atoms with E-state index >= 15 is 0 Å². The van der Waals surface area contributed by atoms with E-state index in [1.165, 1.54) is 0 Å². The zero-order chi connectivity index (χ0) is 7.84. The molecule has 3 nitrogen and oxygen atoms in total. The van der Waals surface area contributed by atoms with Crippen LogP contribution in [0.3, 0.4) is 0 Å². The van der Waals surface area contributed by atoms with Crippen molar-refractivity contribution in [1.29, 1.82) is 0 Å². The molecular weight excluding hydrogens is 162 g/mol. The first-order chi connectivity index (χ1) is 5.33. The second-order valence-electron chi connectivity index (χ2n) is 2.48. The van der Waals surface area contributed by atoms with Crippen molar-refractivity contribution >= 4 is 17.2 Å². The van der Waals surface area contributed by atoms with Crippen LogP contribution in [0.25, 0.3) is 5.65 Å². The summed E-state index contributed by atoms with van der Waals surface area (Å²) < 4.78 is 3.82. The van der Waals surface area contributed by atoms with Crippen LogP contribution in [0.2, 0.25) is 0 Å². The summed E-state index contributed by atoms with van der Waals surface area (Å²) in [6.45, 7) is 0. The Labute approximate surface area is 69.2 Å². The van der Waals surface area contributed by atoms with E-state index in [0.717, 1.165) is 11.2 Å². The van der Waals surface area contributed by atoms with Crippen molar-refractivity contribution in [2.24, 2.45) is 7.05 Å². The van der Waals surface area contributed by atoms with Crippen molar-refractivity contribution in [2.45, 2.75) is 5.88 Å². The zero-order valence-electron chi connectivity index (χ0n) is 6.16. The Kier molecular flexibility index (Phi) is 1.39. The molecule has 4 heteroatoms. The Hall–Kier alpha value is -0.960. The van der Waals surface area contributed by atoms with E-state index in [0.29, 0.717) is 5.88 Å². The Morgan fingerprint density at radius 3 is 3.09 bits per heavy atom. The average Bonchev–Trinajstić information content (AvgIpc) is 2.54. The molecule has 0 bridgehead atoms. The number of aryl methyl sites for hydroxylation is 1. The molecule has 0 aliphatic carbocycles. The van der Waals surface area contributed by atoms with Gasteiger partial charge >= 0.3 is 0 Å². The molecule has 0 amide bonds. The molecule has 2 rings (SSSR count). The van der Waals surface area contributed by atoms with Gasteiger partial charge in [-0.1, -0.05) is 0 Å². The van der Waals surface area contributed by atoms with E-state index in [1.807, 2.05) is 28.5 Å². The predicted molar refractivity (Wildman–Crippen MR) is 43.7 cm³/mol. The van der Waals surface area contributed by atoms with Gasteiger partial charge in [-0.25, -0.2) is 4.52 Å². The Morgan fingerprint density at radius 1 is 1.55 bits per heavy atom. The van der Waals surface area contributed by atoms with Crippen molar-refractivity contribution in [3.8, 4) is 0 Å². The number of imidazole rings is 1. The highest BCUT2D eigenvalue weighted by atomic mass is 35.5. The lowest BCUT2D eigenvalue weighted by Gasteiger charge is -1.92. The van der Waals surface area contributed by atoms with Gasteiger partial charge in [-0.3, -0.25) is 0 Å². The molecule has 0 radical (unpaired) electrons. The largest absolute Gasteiger partial charge is 0.334 e. The molecule has 2 heterocycles. The van der Waals surface area contributed by atoms with Gasteiger partial charge in [0, 0.05) is 25.0 Å². The summed E-state index contributed by atoms with van der Waals surface area (Å²) in [6.07, 6.45) is 5.66. The molecule has 0 saturated heterocycles. The highest BCUT2D eigenvalue weighted by molar-refractivity contribution is 6.17. The van der Waals surface area contributed by atoms with Gasteiger partial charge < -0.3 is 4.57 Å². The first-order valence-corrected chi connectivity index (χ1v) is 3.90. The Morgan fingerprint density at radius 2 is 2.36 bits per heavy atom. The average molecular weight is 170 g/mol. The third-order valence-electron chi connectivity index (χ3n) is 1.75. The predicted octanol–water partition coefficient (Wildman–Crippen LogP) is 1.41. The fraction of sp³-hybridized carbons (Fsp3) is 0.286. The molecule has 0 saturated carbocycles. The summed E-state index contributed by atoms with van der Waals surface area (Å²) in [4.78, 5) is 0. The van der Waals surface area contributed by atoms with Gasteiger partial charge in [0.05, 0.1) is 12.1 Å². The highest BCUT2D eigenvalue weighted by Gasteiger charge is 2.04. The molecule has 0 aliphatic rings. The van der Waals surface area contributed by atoms with Crippen molar-refractivity contribution in [3.05, 3.63) is 24.2 Å². The van der Waals surface area contributed by atoms with Crippen LogP contribution in [0.5, 0.6) is 0 Å². The lowest BCUT2D eigenvalue weighted by molar-refractivity contribution is 0.926. The van der Waals surface area contributed by atoms with E-state index in [4.69, 9.17) is 11.6 Å². The Bertz CT molecular complexity index is 374. The minimum absolute atomic E-state index is 0.515. The molecule has 0 fully saturated rings. The van der Waals surface area contributed by atoms with E-state index in [9.17, 15) is 0 Å². The van der Waals surface area contributed by atoms with Crippen LogP contribution in [0, 0.1) is 0 Å². The van der Waals surface area contributed by atoms with Gasteiger partial charge in [-0.05, 0) is 0 Å². The van der Waals surface area contributed by atoms with Crippen LogP contribution in [-0.2, 0) is 12.9 Å². The molecule has 11 heavy (non-hydrogen) atoms. The smallest absolute Gasteiger partial charge is 0.139 e. The van der Waals surface area contributed by atoms with Crippen molar-refractivity contribution in [3.63, 3.8) is 0 Å². The maximum atomic E-state index is 5.71. The van der Waals surface area contributed by atoms with Crippen LogP contribution in [-0.4, -0.2) is 14.2 Å². The lowest BCUT2D eigenvalue weighted by Crippen LogP contribution is -1.88. The molecule has 0 spiro atoms. The third-order valence-corrected chi connectivity index (χ3v) is 2.04. The molecule has 0 aromatic carbocycles. The summed E-state index contributed by atoms with van der Waals surface area (Å²) in [5.74, 6) is 0.515. The minimum atomic E-state index is 0.515. The van der Waals surface area contributed by atoms with Crippen LogP contribution >= 0.6 is 11.6 Å². The zero-order valence-corrected chi connectivity index (χ0v) is 6.91. The van der Waals surface area contributed by atoms with Crippen molar-refractivity contribution in [2.75, 3.05) is 0 Å². The molecular formula is C7H8ClN3. The number of aromatic nitrogens is 3. The van der Waals surface area contributed by atoms with Gasteiger partial charge in [0.2, 0.25) is 0 Å². The first-order valence-electron chi connectivity index (χ1n) is 3.36. The number of halogens is 1. The summed E-state index contributed by atoms with van der Waals surface area (Å²) in [6, 6.07) is 0. The SMILES string of the molecule is Cn1ccn2ncc(CCl)c12. The maximum absolute atomic E-state index is 5.71. The van der Waals surface area contributed by atoms with E-state index in [1.54, 1.807) is 6.20 Å². The molecule has 0 atom stereocenters. The highest BCUT2D eigenvalue weighted by Crippen LogP contribution is 2.11. The molecule has 2 aromatic rings.